The normalized spacial score (nSPS) is 12.0. The van der Waals surface area contributed by atoms with Crippen molar-refractivity contribution in [3.63, 3.8) is 0 Å². The monoisotopic (exact) mass is 621 g/mol. The average molecular weight is 624 g/mol. The first-order valence-corrected chi connectivity index (χ1v) is 14.1. The molecule has 3 aromatic rings. The van der Waals surface area contributed by atoms with Crippen molar-refractivity contribution in [1.29, 1.82) is 0 Å². The maximum absolute atomic E-state index is 13.0. The molecule has 0 spiro atoms. The van der Waals surface area contributed by atoms with Gasteiger partial charge in [-0.3, -0.25) is 9.59 Å². The van der Waals surface area contributed by atoms with Crippen LogP contribution in [-0.2, 0) is 11.3 Å². The molecule has 0 aliphatic rings. The Morgan fingerprint density at radius 1 is 0.973 bits per heavy atom. The third kappa shape index (κ3) is 7.91. The number of nitrogens with one attached hydrogen (secondary N) is 2. The summed E-state index contributed by atoms with van der Waals surface area (Å²) >= 11 is 31.7. The summed E-state index contributed by atoms with van der Waals surface area (Å²) in [4.78, 5) is 25.6. The molecule has 0 saturated carbocycles. The van der Waals surface area contributed by atoms with Crippen molar-refractivity contribution >= 4 is 87.3 Å². The molecule has 13 heteroatoms. The van der Waals surface area contributed by atoms with Gasteiger partial charge < -0.3 is 15.2 Å². The van der Waals surface area contributed by atoms with Crippen LogP contribution in [0.1, 0.15) is 49.4 Å². The summed E-state index contributed by atoms with van der Waals surface area (Å²) in [5.74, 6) is 0.204. The van der Waals surface area contributed by atoms with Gasteiger partial charge in [0.25, 0.3) is 5.91 Å². The molecule has 0 unspecified atom stereocenters. The van der Waals surface area contributed by atoms with Crippen molar-refractivity contribution in [2.24, 2.45) is 5.92 Å². The number of nitrogens with zero attached hydrogens (tertiary/aromatic N) is 3. The summed E-state index contributed by atoms with van der Waals surface area (Å²) in [5, 5.41) is 16.5. The number of carbonyl (C=O) groups is 2. The summed E-state index contributed by atoms with van der Waals surface area (Å²) in [7, 11) is 0. The number of amides is 2. The minimum Gasteiger partial charge on any atom is -0.342 e. The van der Waals surface area contributed by atoms with Crippen LogP contribution in [0.2, 0.25) is 25.1 Å². The lowest BCUT2D eigenvalue weighted by molar-refractivity contribution is -0.113. The van der Waals surface area contributed by atoms with E-state index in [0.29, 0.717) is 39.6 Å². The van der Waals surface area contributed by atoms with Crippen molar-refractivity contribution in [1.82, 2.24) is 20.1 Å². The maximum atomic E-state index is 13.0. The lowest BCUT2D eigenvalue weighted by Gasteiger charge is -2.21. The highest BCUT2D eigenvalue weighted by atomic mass is 35.5. The third-order valence-electron chi connectivity index (χ3n) is 5.17. The van der Waals surface area contributed by atoms with Crippen LogP contribution in [0.3, 0.4) is 0 Å². The van der Waals surface area contributed by atoms with Crippen LogP contribution in [0.5, 0.6) is 0 Å². The molecule has 1 heterocycles. The van der Waals surface area contributed by atoms with Crippen molar-refractivity contribution in [3.05, 3.63) is 66.8 Å². The quantitative estimate of drug-likeness (QED) is 0.225. The number of carbonyl (C=O) groups excluding carboxylic acids is 2. The van der Waals surface area contributed by atoms with E-state index in [1.165, 1.54) is 30.0 Å². The Morgan fingerprint density at radius 2 is 1.62 bits per heavy atom. The van der Waals surface area contributed by atoms with E-state index in [-0.39, 0.29) is 44.2 Å². The van der Waals surface area contributed by atoms with Gasteiger partial charge in [0.05, 0.1) is 38.1 Å². The number of halogens is 5. The molecule has 0 aliphatic carbocycles. The molecule has 3 rings (SSSR count). The Labute approximate surface area is 244 Å². The van der Waals surface area contributed by atoms with Crippen molar-refractivity contribution in [3.8, 4) is 0 Å². The molecule has 0 bridgehead atoms. The number of aromatic nitrogens is 3. The van der Waals surface area contributed by atoms with Gasteiger partial charge in [0.15, 0.2) is 11.0 Å². The van der Waals surface area contributed by atoms with E-state index in [1.54, 1.807) is 12.1 Å². The van der Waals surface area contributed by atoms with Gasteiger partial charge in [-0.2, -0.15) is 0 Å². The fourth-order valence-corrected chi connectivity index (χ4v) is 5.75. The predicted octanol–water partition coefficient (Wildman–Crippen LogP) is 7.81. The molecule has 7 nitrogen and oxygen atoms in total. The second-order valence-corrected chi connectivity index (χ2v) is 11.5. The van der Waals surface area contributed by atoms with E-state index < -0.39 is 6.04 Å². The molecule has 0 radical (unpaired) electrons. The van der Waals surface area contributed by atoms with E-state index in [9.17, 15) is 9.59 Å². The Kier molecular flexibility index (Phi) is 10.8. The van der Waals surface area contributed by atoms with Gasteiger partial charge in [0, 0.05) is 16.6 Å². The van der Waals surface area contributed by atoms with Crippen molar-refractivity contribution in [2.75, 3.05) is 11.1 Å². The zero-order valence-electron chi connectivity index (χ0n) is 20.1. The Bertz CT molecular complexity index is 1280. The number of thioether (sulfide) groups is 1. The van der Waals surface area contributed by atoms with Gasteiger partial charge in [0.1, 0.15) is 0 Å². The van der Waals surface area contributed by atoms with Crippen LogP contribution in [0.4, 0.5) is 5.69 Å². The molecule has 0 saturated heterocycles. The highest BCUT2D eigenvalue weighted by Gasteiger charge is 2.25. The molecular formula is C24H24Cl5N5O2S. The first-order valence-electron chi connectivity index (χ1n) is 11.3. The van der Waals surface area contributed by atoms with Crippen LogP contribution >= 0.6 is 69.8 Å². The number of benzene rings is 2. The first kappa shape index (κ1) is 29.9. The summed E-state index contributed by atoms with van der Waals surface area (Å²) in [5.41, 5.74) is 0.602. The molecule has 1 atom stereocenters. The fourth-order valence-electron chi connectivity index (χ4n) is 3.54. The van der Waals surface area contributed by atoms with Gasteiger partial charge in [-0.05, 0) is 49.6 Å². The molecule has 2 N–H and O–H groups in total. The fraction of sp³-hybridized carbons (Fsp3) is 0.333. The lowest BCUT2D eigenvalue weighted by Crippen LogP contribution is -2.32. The largest absolute Gasteiger partial charge is 0.342 e. The van der Waals surface area contributed by atoms with Crippen LogP contribution in [0.25, 0.3) is 0 Å². The topological polar surface area (TPSA) is 88.9 Å². The summed E-state index contributed by atoms with van der Waals surface area (Å²) in [6.45, 7) is 6.57. The second-order valence-electron chi connectivity index (χ2n) is 8.45. The van der Waals surface area contributed by atoms with Crippen LogP contribution < -0.4 is 10.6 Å². The van der Waals surface area contributed by atoms with Crippen LogP contribution in [0.15, 0.2) is 35.5 Å². The lowest BCUT2D eigenvalue weighted by atomic mass is 10.0. The summed E-state index contributed by atoms with van der Waals surface area (Å²) < 4.78 is 1.87. The van der Waals surface area contributed by atoms with E-state index in [4.69, 9.17) is 58.0 Å². The molecule has 0 fully saturated rings. The molecule has 2 amide bonds. The first-order chi connectivity index (χ1) is 17.5. The van der Waals surface area contributed by atoms with E-state index in [2.05, 4.69) is 20.8 Å². The summed E-state index contributed by atoms with van der Waals surface area (Å²) in [6, 6.07) is 7.28. The third-order valence-corrected chi connectivity index (χ3v) is 7.49. The van der Waals surface area contributed by atoms with Gasteiger partial charge >= 0.3 is 0 Å². The van der Waals surface area contributed by atoms with Crippen molar-refractivity contribution in [2.45, 2.75) is 44.9 Å². The van der Waals surface area contributed by atoms with Crippen LogP contribution in [-0.4, -0.2) is 32.3 Å². The molecule has 2 aromatic carbocycles. The number of rotatable bonds is 10. The number of hydrogen-bond acceptors (Lipinski definition) is 5. The summed E-state index contributed by atoms with van der Waals surface area (Å²) in [6.07, 6.45) is 0.619. The van der Waals surface area contributed by atoms with E-state index in [0.717, 1.165) is 0 Å². The smallest absolute Gasteiger partial charge is 0.253 e. The van der Waals surface area contributed by atoms with Crippen LogP contribution in [0, 0.1) is 5.92 Å². The Hall–Kier alpha value is -1.68. The Balaban J connectivity index is 1.76. The molecule has 1 aromatic heterocycles. The van der Waals surface area contributed by atoms with Gasteiger partial charge in [-0.25, -0.2) is 0 Å². The average Bonchev–Trinajstić information content (AvgIpc) is 3.22. The minimum absolute atomic E-state index is 0.0367. The van der Waals surface area contributed by atoms with Gasteiger partial charge in [-0.1, -0.05) is 83.6 Å². The van der Waals surface area contributed by atoms with Crippen molar-refractivity contribution < 1.29 is 9.59 Å². The predicted molar refractivity (Wildman–Crippen MR) is 153 cm³/mol. The number of anilines is 1. The molecular weight excluding hydrogens is 600 g/mol. The van der Waals surface area contributed by atoms with Gasteiger partial charge in [0.2, 0.25) is 5.91 Å². The number of hydrogen-bond donors (Lipinski definition) is 2. The molecule has 198 valence electrons. The minimum atomic E-state index is -0.429. The molecule has 37 heavy (non-hydrogen) atoms. The zero-order valence-corrected chi connectivity index (χ0v) is 24.7. The van der Waals surface area contributed by atoms with E-state index >= 15 is 0 Å². The standard InChI is InChI=1S/C24H24Cl5N5O2S/c1-4-34-22(19(7-12(2)3)30-23(36)15-6-5-13(25)8-16(15)27)32-33-24(34)37-11-20(35)31-21-17(28)9-14(26)10-18(21)29/h5-6,8-10,12,19H,4,7,11H2,1-3H3,(H,30,36)(H,31,35)/t19-/m0/s1. The van der Waals surface area contributed by atoms with Gasteiger partial charge in [-0.15, -0.1) is 10.2 Å². The molecule has 0 aliphatic heterocycles. The highest BCUT2D eigenvalue weighted by Crippen LogP contribution is 2.34. The maximum Gasteiger partial charge on any atom is 0.253 e. The SMILES string of the molecule is CCn1c(SCC(=O)Nc2c(Cl)cc(Cl)cc2Cl)nnc1[C@H](CC(C)C)NC(=O)c1ccc(Cl)cc1Cl. The Morgan fingerprint density at radius 3 is 2.22 bits per heavy atom. The highest BCUT2D eigenvalue weighted by molar-refractivity contribution is 7.99. The second kappa shape index (κ2) is 13.4. The van der Waals surface area contributed by atoms with E-state index in [1.807, 2.05) is 25.3 Å². The zero-order chi connectivity index (χ0) is 27.3.